The SMILES string of the molecule is Nc1nc2c(ncn2[C@@H]2O[C@@H]3CO[PH](O)(O)O[C@H]4[C@@H](O)[C@H](n5cnc6c(Cl)ncnc65)O[C@@H]4CO[PH](O)(O)O[C@@H]2[C@@H]3O)c(=O)[nH]1. The van der Waals surface area contributed by atoms with E-state index < -0.39 is 84.2 Å². The first-order valence-corrected chi connectivity index (χ1v) is 16.9. The Hall–Kier alpha value is -2.63. The number of nitrogens with zero attached hydrogens (tertiary/aromatic N) is 7. The Labute approximate surface area is 255 Å². The molecule has 7 rings (SSSR count). The number of fused-ring (bicyclic) bond motifs is 5. The Morgan fingerprint density at radius 1 is 0.844 bits per heavy atom. The average Bonchev–Trinajstić information content (AvgIpc) is 3.72. The van der Waals surface area contributed by atoms with Gasteiger partial charge in [-0.1, -0.05) is 0 Å². The standard InChI is InChI=1S/C20H26ClN9O13P2/c21-14-8-15(24-3-23-14)29(4-25-8)18-11(32)12-7(41-18)2-39-45(36,37)43-13-10(31)6(1-38-44(34,35)42-12)40-19(13)30-5-26-9-16(30)27-20(22)28-17(9)33/h3-7,10-13,18-19,31-32,34-37,44-45H,1-2H2,(H3,22,27,28,33)/t6-,7-,10-,11-,12-,13-,18-,19-/m1/s1. The van der Waals surface area contributed by atoms with E-state index in [-0.39, 0.29) is 33.4 Å². The van der Waals surface area contributed by atoms with Crippen molar-refractivity contribution in [2.45, 2.75) is 49.1 Å². The fraction of sp³-hybridized carbons (Fsp3) is 0.500. The summed E-state index contributed by atoms with van der Waals surface area (Å²) in [4.78, 5) is 77.8. The zero-order chi connectivity index (χ0) is 31.8. The number of nitrogens with one attached hydrogen (secondary N) is 1. The predicted octanol–water partition coefficient (Wildman–Crippen LogP) is -2.68. The van der Waals surface area contributed by atoms with Crippen LogP contribution >= 0.6 is 27.9 Å². The summed E-state index contributed by atoms with van der Waals surface area (Å²) in [6, 6.07) is 0. The van der Waals surface area contributed by atoms with E-state index in [9.17, 15) is 34.6 Å². The number of anilines is 1. The first-order valence-electron chi connectivity index (χ1n) is 13.1. The van der Waals surface area contributed by atoms with Crippen LogP contribution in [0.1, 0.15) is 12.5 Å². The molecule has 0 aliphatic carbocycles. The van der Waals surface area contributed by atoms with Crippen molar-refractivity contribution in [2.24, 2.45) is 0 Å². The van der Waals surface area contributed by atoms with Crippen LogP contribution in [-0.2, 0) is 27.6 Å². The van der Waals surface area contributed by atoms with E-state index in [0.29, 0.717) is 0 Å². The maximum absolute atomic E-state index is 12.3. The number of aromatic nitrogens is 8. The molecule has 0 amide bonds. The Morgan fingerprint density at radius 3 is 2.20 bits per heavy atom. The molecule has 3 fully saturated rings. The molecule has 0 spiro atoms. The number of nitrogen functional groups attached to an aromatic ring is 1. The zero-order valence-electron chi connectivity index (χ0n) is 22.4. The Bertz CT molecular complexity index is 1810. The molecule has 246 valence electrons. The Balaban J connectivity index is 1.20. The monoisotopic (exact) mass is 697 g/mol. The van der Waals surface area contributed by atoms with Gasteiger partial charge in [-0.2, -0.15) is 0 Å². The van der Waals surface area contributed by atoms with Gasteiger partial charge in [0.25, 0.3) is 0 Å². The zero-order valence-corrected chi connectivity index (χ0v) is 25.1. The number of ether oxygens (including phenoxy) is 2. The average molecular weight is 698 g/mol. The third-order valence-corrected chi connectivity index (χ3v) is 9.91. The van der Waals surface area contributed by atoms with Gasteiger partial charge >= 0.3 is 255 Å². The molecule has 0 radical (unpaired) electrons. The number of halogens is 1. The van der Waals surface area contributed by atoms with E-state index in [0.717, 1.165) is 17.2 Å². The molecule has 0 aromatic carbocycles. The fourth-order valence-electron chi connectivity index (χ4n) is 5.38. The van der Waals surface area contributed by atoms with Crippen molar-refractivity contribution in [1.29, 1.82) is 0 Å². The predicted molar refractivity (Wildman–Crippen MR) is 150 cm³/mol. The quantitative estimate of drug-likeness (QED) is 0.0781. The minimum absolute atomic E-state index is 0.0273. The second-order valence-electron chi connectivity index (χ2n) is 10.3. The molecule has 9 N–H and O–H groups in total. The number of imidazole rings is 2. The van der Waals surface area contributed by atoms with Crippen LogP contribution in [0.3, 0.4) is 0 Å². The molecule has 7 heterocycles. The molecule has 8 atom stereocenters. The van der Waals surface area contributed by atoms with Crippen molar-refractivity contribution in [3.63, 3.8) is 0 Å². The van der Waals surface area contributed by atoms with E-state index in [1.54, 1.807) is 0 Å². The van der Waals surface area contributed by atoms with Crippen molar-refractivity contribution in [3.8, 4) is 0 Å². The van der Waals surface area contributed by atoms with E-state index in [4.69, 9.17) is 44.9 Å². The van der Waals surface area contributed by atoms with Crippen LogP contribution in [0.4, 0.5) is 5.95 Å². The molecule has 22 nitrogen and oxygen atoms in total. The summed E-state index contributed by atoms with van der Waals surface area (Å²) in [6.07, 6.45) is -8.49. The number of hydrogen-bond donors (Lipinski definition) is 8. The summed E-state index contributed by atoms with van der Waals surface area (Å²) in [7, 11) is -10.3. The molecule has 4 aromatic heterocycles. The maximum atomic E-state index is 12.3. The van der Waals surface area contributed by atoms with E-state index in [1.807, 2.05) is 0 Å². The molecular weight excluding hydrogens is 672 g/mol. The van der Waals surface area contributed by atoms with E-state index in [1.165, 1.54) is 10.9 Å². The first kappa shape index (κ1) is 31.0. The molecule has 3 aliphatic rings. The summed E-state index contributed by atoms with van der Waals surface area (Å²) in [6.45, 7) is -1.45. The van der Waals surface area contributed by atoms with Gasteiger partial charge < -0.3 is 0 Å². The number of nitrogens with two attached hydrogens (primary N) is 1. The van der Waals surface area contributed by atoms with Crippen LogP contribution in [0.2, 0.25) is 5.15 Å². The van der Waals surface area contributed by atoms with Gasteiger partial charge in [0, 0.05) is 0 Å². The number of H-pyrrole nitrogens is 1. The molecule has 4 aromatic rings. The van der Waals surface area contributed by atoms with Gasteiger partial charge in [0.1, 0.15) is 0 Å². The number of aromatic amines is 1. The van der Waals surface area contributed by atoms with Crippen LogP contribution in [-0.4, -0.2) is 119 Å². The van der Waals surface area contributed by atoms with E-state index in [2.05, 4.69) is 29.9 Å². The molecular formula is C20H26ClN9O13P2. The summed E-state index contributed by atoms with van der Waals surface area (Å²) >= 11 is 6.08. The van der Waals surface area contributed by atoms with Crippen molar-refractivity contribution in [3.05, 3.63) is 34.5 Å². The first-order chi connectivity index (χ1) is 21.3. The van der Waals surface area contributed by atoms with Crippen molar-refractivity contribution in [2.75, 3.05) is 18.9 Å². The van der Waals surface area contributed by atoms with Crippen molar-refractivity contribution in [1.82, 2.24) is 39.0 Å². The summed E-state index contributed by atoms with van der Waals surface area (Å²) in [5, 5.41) is 22.3. The van der Waals surface area contributed by atoms with Gasteiger partial charge in [0.2, 0.25) is 0 Å². The van der Waals surface area contributed by atoms with Crippen LogP contribution in [0, 0.1) is 0 Å². The normalized spacial score (nSPS) is 34.9. The topological polar surface area (TPSA) is 310 Å². The number of rotatable bonds is 2. The number of aliphatic hydroxyl groups excluding tert-OH is 2. The molecule has 3 aliphatic heterocycles. The van der Waals surface area contributed by atoms with Crippen LogP contribution in [0.15, 0.2) is 23.8 Å². The third-order valence-electron chi connectivity index (χ3n) is 7.39. The minimum atomic E-state index is -5.20. The van der Waals surface area contributed by atoms with Gasteiger partial charge in [0.05, 0.1) is 0 Å². The van der Waals surface area contributed by atoms with Gasteiger partial charge in [-0.05, 0) is 0 Å². The molecule has 0 saturated carbocycles. The molecule has 0 unspecified atom stereocenters. The van der Waals surface area contributed by atoms with Crippen LogP contribution < -0.4 is 11.3 Å². The van der Waals surface area contributed by atoms with Crippen LogP contribution in [0.5, 0.6) is 0 Å². The third kappa shape index (κ3) is 5.56. The second kappa shape index (κ2) is 11.3. The Kier molecular flexibility index (Phi) is 7.76. The van der Waals surface area contributed by atoms with Crippen molar-refractivity contribution < 1.29 is 57.4 Å². The molecule has 2 bridgehead atoms. The van der Waals surface area contributed by atoms with Crippen LogP contribution in [0.25, 0.3) is 22.3 Å². The van der Waals surface area contributed by atoms with E-state index >= 15 is 0 Å². The second-order valence-corrected chi connectivity index (χ2v) is 13.9. The summed E-state index contributed by atoms with van der Waals surface area (Å²) in [5.41, 5.74) is 5.11. The van der Waals surface area contributed by atoms with Gasteiger partial charge in [0.15, 0.2) is 0 Å². The van der Waals surface area contributed by atoms with Gasteiger partial charge in [-0.15, -0.1) is 0 Å². The molecule has 3 saturated heterocycles. The number of hydrogen-bond acceptors (Lipinski definition) is 19. The Morgan fingerprint density at radius 2 is 1.47 bits per heavy atom. The number of aliphatic hydroxyl groups is 2. The van der Waals surface area contributed by atoms with Gasteiger partial charge in [-0.25, -0.2) is 0 Å². The van der Waals surface area contributed by atoms with Gasteiger partial charge in [-0.3, -0.25) is 0 Å². The molecule has 25 heteroatoms. The molecule has 45 heavy (non-hydrogen) atoms. The summed E-state index contributed by atoms with van der Waals surface area (Å²) < 4.78 is 35.6. The van der Waals surface area contributed by atoms with Crippen molar-refractivity contribution >= 4 is 56.2 Å². The summed E-state index contributed by atoms with van der Waals surface area (Å²) in [5.74, 6) is -0.261. The fourth-order valence-corrected chi connectivity index (χ4v) is 7.71.